The van der Waals surface area contributed by atoms with Gasteiger partial charge in [-0.25, -0.2) is 32.0 Å². The zero-order chi connectivity index (χ0) is 41.5. The second-order valence-corrected chi connectivity index (χ2v) is 20.5. The van der Waals surface area contributed by atoms with E-state index in [1.165, 1.54) is 4.90 Å². The van der Waals surface area contributed by atoms with E-state index in [9.17, 15) is 36.4 Å². The summed E-state index contributed by atoms with van der Waals surface area (Å²) in [5.74, 6) is -8.07. The number of nitrogens with zero attached hydrogens (tertiary/aromatic N) is 3. The van der Waals surface area contributed by atoms with E-state index in [1.807, 2.05) is 4.72 Å². The first-order valence-corrected chi connectivity index (χ1v) is 21.9. The van der Waals surface area contributed by atoms with Crippen molar-refractivity contribution in [3.05, 3.63) is 35.7 Å². The Morgan fingerprint density at radius 2 is 1.71 bits per heavy atom. The number of nitrogens with one attached hydrogen (secondary N) is 3. The van der Waals surface area contributed by atoms with Crippen LogP contribution < -0.4 is 15.4 Å². The number of para-hydroxylation sites is 2. The molecule has 1 aromatic carbocycles. The molecule has 2 unspecified atom stereocenters. The van der Waals surface area contributed by atoms with Gasteiger partial charge in [-0.3, -0.25) is 19.1 Å². The highest BCUT2D eigenvalue weighted by atomic mass is 32.2. The van der Waals surface area contributed by atoms with E-state index in [0.717, 1.165) is 6.42 Å². The van der Waals surface area contributed by atoms with Crippen LogP contribution in [0.1, 0.15) is 96.4 Å². The van der Waals surface area contributed by atoms with Gasteiger partial charge in [-0.1, -0.05) is 39.3 Å². The lowest BCUT2D eigenvalue weighted by Gasteiger charge is -2.36. The molecule has 2 aliphatic heterocycles. The van der Waals surface area contributed by atoms with Gasteiger partial charge in [-0.15, -0.1) is 0 Å². The number of carbonyl (C=O) groups excluding carboxylic acids is 4. The molecule has 0 radical (unpaired) electrons. The van der Waals surface area contributed by atoms with E-state index < -0.39 is 111 Å². The highest BCUT2D eigenvalue weighted by molar-refractivity contribution is 7.91. The number of aromatic nitrogens is 2. The van der Waals surface area contributed by atoms with Gasteiger partial charge in [0.1, 0.15) is 29.4 Å². The molecule has 4 amide bonds. The van der Waals surface area contributed by atoms with Crippen LogP contribution in [0.2, 0.25) is 0 Å². The molecule has 18 heteroatoms. The second kappa shape index (κ2) is 14.6. The standard InChI is InChI=1S/C40H50F4N6O7S/c1-38(2,3)32-35(52)50-19-20(15-29(50)34(51)48-39(18-25(39)33(41)42)36(53)49-58(55,56)22-11-12-22)14-28-31(46-27-10-5-4-9-26(27)45-28)40(43,44)13-7-6-8-23-24-16-21(24)17-30(23)57-37(54)47-32/h4-5,9-10,20-25,29-30,32-33H,6-8,11-19H2,1-3H3,(H,47,54)(H,48,51)(H,49,53)/t20-,21+,23-,24?,25?,29+,30-,32-,39-/m1/s1. The summed E-state index contributed by atoms with van der Waals surface area (Å²) in [7, 11) is -4.17. The lowest BCUT2D eigenvalue weighted by Crippen LogP contribution is -2.60. The average molecular weight is 835 g/mol. The van der Waals surface area contributed by atoms with Crippen LogP contribution in [-0.4, -0.2) is 89.0 Å². The summed E-state index contributed by atoms with van der Waals surface area (Å²) < 4.78 is 94.3. The van der Waals surface area contributed by atoms with Gasteiger partial charge < -0.3 is 20.3 Å². The largest absolute Gasteiger partial charge is 0.446 e. The lowest BCUT2D eigenvalue weighted by molar-refractivity contribution is -0.143. The topological polar surface area (TPSA) is 177 Å². The fourth-order valence-corrected chi connectivity index (χ4v) is 11.0. The second-order valence-electron chi connectivity index (χ2n) is 18.5. The van der Waals surface area contributed by atoms with Gasteiger partial charge in [0.05, 0.1) is 27.9 Å². The summed E-state index contributed by atoms with van der Waals surface area (Å²) in [4.78, 5) is 66.3. The number of carbonyl (C=O) groups is 4. The van der Waals surface area contributed by atoms with Crippen molar-refractivity contribution in [2.75, 3.05) is 6.54 Å². The molecule has 5 fully saturated rings. The zero-order valence-electron chi connectivity index (χ0n) is 32.7. The number of amides is 4. The summed E-state index contributed by atoms with van der Waals surface area (Å²) in [6.07, 6.45) is -2.21. The third kappa shape index (κ3) is 7.85. The first-order valence-electron chi connectivity index (χ1n) is 20.4. The molecule has 2 aromatic rings. The Kier molecular flexibility index (Phi) is 10.2. The summed E-state index contributed by atoms with van der Waals surface area (Å²) in [6.45, 7) is 4.97. The van der Waals surface area contributed by atoms with Gasteiger partial charge in [0.15, 0.2) is 0 Å². The number of benzene rings is 1. The number of rotatable bonds is 6. The maximum Gasteiger partial charge on any atom is 0.408 e. The lowest BCUT2D eigenvalue weighted by atomic mass is 9.85. The van der Waals surface area contributed by atoms with Gasteiger partial charge in [-0.05, 0) is 99.0 Å². The Morgan fingerprint density at radius 3 is 2.36 bits per heavy atom. The highest BCUT2D eigenvalue weighted by Gasteiger charge is 2.67. The minimum Gasteiger partial charge on any atom is -0.446 e. The highest BCUT2D eigenvalue weighted by Crippen LogP contribution is 2.58. The Hall–Kier alpha value is -4.09. The van der Waals surface area contributed by atoms with E-state index in [1.54, 1.807) is 45.0 Å². The predicted octanol–water partition coefficient (Wildman–Crippen LogP) is 4.97. The summed E-state index contributed by atoms with van der Waals surface area (Å²) in [5.41, 5.74) is -3.05. The number of halogens is 4. The zero-order valence-corrected chi connectivity index (χ0v) is 33.5. The van der Waals surface area contributed by atoms with Crippen molar-refractivity contribution in [2.45, 2.75) is 133 Å². The van der Waals surface area contributed by atoms with Crippen LogP contribution in [0.4, 0.5) is 22.4 Å². The monoisotopic (exact) mass is 834 g/mol. The molecule has 3 N–H and O–H groups in total. The van der Waals surface area contributed by atoms with Gasteiger partial charge in [0, 0.05) is 13.0 Å². The molecule has 6 aliphatic rings. The van der Waals surface area contributed by atoms with Gasteiger partial charge in [-0.2, -0.15) is 8.78 Å². The van der Waals surface area contributed by atoms with Crippen LogP contribution in [0.25, 0.3) is 11.0 Å². The molecule has 58 heavy (non-hydrogen) atoms. The Morgan fingerprint density at radius 1 is 1.00 bits per heavy atom. The molecule has 3 heterocycles. The van der Waals surface area contributed by atoms with Crippen molar-refractivity contribution in [3.63, 3.8) is 0 Å². The maximum atomic E-state index is 16.3. The fraction of sp³-hybridized carbons (Fsp3) is 0.700. The number of hydrogen-bond acceptors (Lipinski definition) is 9. The summed E-state index contributed by atoms with van der Waals surface area (Å²) in [6, 6.07) is 3.96. The number of ether oxygens (including phenoxy) is 1. The van der Waals surface area contributed by atoms with E-state index >= 15 is 8.78 Å². The molecule has 0 spiro atoms. The van der Waals surface area contributed by atoms with Crippen molar-refractivity contribution in [3.8, 4) is 0 Å². The molecule has 8 rings (SSSR count). The smallest absolute Gasteiger partial charge is 0.408 e. The molecule has 1 saturated heterocycles. The molecule has 1 aromatic heterocycles. The summed E-state index contributed by atoms with van der Waals surface area (Å²) in [5, 5.41) is 4.31. The summed E-state index contributed by atoms with van der Waals surface area (Å²) >= 11 is 0. The van der Waals surface area contributed by atoms with Crippen molar-refractivity contribution >= 4 is 44.9 Å². The van der Waals surface area contributed by atoms with E-state index in [-0.39, 0.29) is 42.9 Å². The molecular formula is C40H50F4N6O7S. The SMILES string of the molecule is CC(C)(C)[C@@H]1NC(=O)O[C@@H]2C[C@@H]3CC3[C@H]2CCCCC(F)(F)c2nc3ccccc3nc2C[C@@H]2C[C@@H](C(=O)N[C@]3(C(=O)NS(=O)(=O)C4CC4)CC3C(F)F)N(C2)C1=O. The van der Waals surface area contributed by atoms with Crippen molar-refractivity contribution in [2.24, 2.45) is 35.0 Å². The Bertz CT molecular complexity index is 2120. The molecule has 2 bridgehead atoms. The number of sulfonamides is 1. The third-order valence-electron chi connectivity index (χ3n) is 13.2. The van der Waals surface area contributed by atoms with E-state index in [4.69, 9.17) is 4.74 Å². The first-order chi connectivity index (χ1) is 27.3. The van der Waals surface area contributed by atoms with Crippen LogP contribution in [0.5, 0.6) is 0 Å². The molecule has 316 valence electrons. The van der Waals surface area contributed by atoms with E-state index in [2.05, 4.69) is 20.6 Å². The van der Waals surface area contributed by atoms with Crippen molar-refractivity contribution in [1.29, 1.82) is 0 Å². The van der Waals surface area contributed by atoms with Crippen LogP contribution in [0, 0.1) is 35.0 Å². The van der Waals surface area contributed by atoms with Crippen LogP contribution >= 0.6 is 0 Å². The quantitative estimate of drug-likeness (QED) is 0.340. The predicted molar refractivity (Wildman–Crippen MR) is 201 cm³/mol. The molecule has 4 aliphatic carbocycles. The first kappa shape index (κ1) is 40.7. The van der Waals surface area contributed by atoms with Gasteiger partial charge in [0.2, 0.25) is 28.3 Å². The van der Waals surface area contributed by atoms with Crippen LogP contribution in [-0.2, 0) is 41.5 Å². The fourth-order valence-electron chi connectivity index (χ4n) is 9.65. The van der Waals surface area contributed by atoms with Crippen molar-refractivity contribution in [1.82, 2.24) is 30.2 Å². The van der Waals surface area contributed by atoms with Crippen LogP contribution in [0.3, 0.4) is 0 Å². The third-order valence-corrected chi connectivity index (χ3v) is 15.0. The van der Waals surface area contributed by atoms with E-state index in [0.29, 0.717) is 49.5 Å². The minimum absolute atomic E-state index is 0.00452. The van der Waals surface area contributed by atoms with Crippen LogP contribution in [0.15, 0.2) is 24.3 Å². The molecule has 9 atom stereocenters. The number of hydrogen-bond donors (Lipinski definition) is 3. The minimum atomic E-state index is -4.17. The number of alkyl carbamates (subject to hydrolysis) is 1. The normalized spacial score (nSPS) is 33.8. The number of alkyl halides is 4. The Labute approximate surface area is 334 Å². The maximum absolute atomic E-state index is 16.3. The molecule has 13 nitrogen and oxygen atoms in total. The van der Waals surface area contributed by atoms with Gasteiger partial charge >= 0.3 is 6.09 Å². The number of fused-ring (bicyclic) bond motifs is 7. The van der Waals surface area contributed by atoms with Gasteiger partial charge in [0.25, 0.3) is 11.8 Å². The molecular weight excluding hydrogens is 785 g/mol. The van der Waals surface area contributed by atoms with Crippen molar-refractivity contribution < 1.29 is 49.9 Å². The Balaban J connectivity index is 1.15. The molecule has 4 saturated carbocycles. The average Bonchev–Trinajstić information content (AvgIpc) is 4.08.